The van der Waals surface area contributed by atoms with Crippen LogP contribution in [0.25, 0.3) is 0 Å². The van der Waals surface area contributed by atoms with Gasteiger partial charge in [0.2, 0.25) is 5.91 Å². The van der Waals surface area contributed by atoms with Crippen molar-refractivity contribution in [2.75, 3.05) is 6.54 Å². The molecule has 0 unspecified atom stereocenters. The molecule has 1 aliphatic heterocycles. The van der Waals surface area contributed by atoms with Crippen LogP contribution in [0.1, 0.15) is 48.0 Å². The molecule has 2 aromatic rings. The van der Waals surface area contributed by atoms with Crippen LogP contribution in [0.15, 0.2) is 54.6 Å². The van der Waals surface area contributed by atoms with E-state index < -0.39 is 0 Å². The monoisotopic (exact) mass is 308 g/mol. The Morgan fingerprint density at radius 1 is 1.17 bits per heavy atom. The number of carbonyl (C=O) groups excluding carboxylic acids is 1. The molecule has 2 N–H and O–H groups in total. The summed E-state index contributed by atoms with van der Waals surface area (Å²) in [5, 5.41) is 0. The zero-order valence-electron chi connectivity index (χ0n) is 13.6. The zero-order valence-corrected chi connectivity index (χ0v) is 13.6. The molecule has 1 fully saturated rings. The Balaban J connectivity index is 1.73. The van der Waals surface area contributed by atoms with Gasteiger partial charge in [-0.2, -0.15) is 0 Å². The molecular weight excluding hydrogens is 284 g/mol. The van der Waals surface area contributed by atoms with Gasteiger partial charge in [0, 0.05) is 19.0 Å². The lowest BCUT2D eigenvalue weighted by Gasteiger charge is -2.27. The minimum atomic E-state index is -0.234. The Morgan fingerprint density at radius 2 is 1.87 bits per heavy atom. The third-order valence-electron chi connectivity index (χ3n) is 4.74. The highest BCUT2D eigenvalue weighted by atomic mass is 16.2. The lowest BCUT2D eigenvalue weighted by molar-refractivity contribution is -0.132. The van der Waals surface area contributed by atoms with Gasteiger partial charge in [0.05, 0.1) is 6.04 Å². The van der Waals surface area contributed by atoms with Crippen molar-refractivity contribution < 1.29 is 4.79 Å². The van der Waals surface area contributed by atoms with Gasteiger partial charge in [-0.1, -0.05) is 54.6 Å². The number of aryl methyl sites for hydroxylation is 1. The van der Waals surface area contributed by atoms with E-state index in [1.807, 2.05) is 41.3 Å². The maximum absolute atomic E-state index is 12.8. The van der Waals surface area contributed by atoms with Crippen LogP contribution in [0, 0.1) is 6.92 Å². The van der Waals surface area contributed by atoms with Gasteiger partial charge in [0.25, 0.3) is 0 Å². The van der Waals surface area contributed by atoms with Crippen molar-refractivity contribution in [2.24, 2.45) is 5.73 Å². The van der Waals surface area contributed by atoms with Crippen LogP contribution < -0.4 is 5.73 Å². The molecular formula is C20H24N2O. The molecule has 1 heterocycles. The summed E-state index contributed by atoms with van der Waals surface area (Å²) in [6.45, 7) is 2.95. The predicted molar refractivity (Wildman–Crippen MR) is 92.9 cm³/mol. The highest BCUT2D eigenvalue weighted by Gasteiger charge is 2.31. The highest BCUT2D eigenvalue weighted by Crippen LogP contribution is 2.34. The van der Waals surface area contributed by atoms with Crippen LogP contribution in [-0.4, -0.2) is 17.4 Å². The van der Waals surface area contributed by atoms with E-state index in [0.29, 0.717) is 6.42 Å². The van der Waals surface area contributed by atoms with Gasteiger partial charge < -0.3 is 10.6 Å². The minimum Gasteiger partial charge on any atom is -0.336 e. The standard InChI is InChI=1S/C20H24N2O/c1-15-8-5-6-11-17(15)19-12-7-13-22(19)20(23)14-18(21)16-9-3-2-4-10-16/h2-6,8-11,18-19H,7,12-14,21H2,1H3/t18-,19+/m0/s1. The molecule has 0 saturated carbocycles. The quantitative estimate of drug-likeness (QED) is 0.935. The topological polar surface area (TPSA) is 46.3 Å². The maximum Gasteiger partial charge on any atom is 0.224 e. The van der Waals surface area contributed by atoms with E-state index in [-0.39, 0.29) is 18.0 Å². The van der Waals surface area contributed by atoms with Crippen molar-refractivity contribution in [3.05, 3.63) is 71.3 Å². The maximum atomic E-state index is 12.8. The molecule has 1 saturated heterocycles. The van der Waals surface area contributed by atoms with Crippen molar-refractivity contribution in [2.45, 2.75) is 38.3 Å². The minimum absolute atomic E-state index is 0.159. The third kappa shape index (κ3) is 3.45. The third-order valence-corrected chi connectivity index (χ3v) is 4.74. The van der Waals surface area contributed by atoms with Crippen LogP contribution in [0.4, 0.5) is 0 Å². The Kier molecular flexibility index (Phi) is 4.77. The first kappa shape index (κ1) is 15.8. The van der Waals surface area contributed by atoms with Crippen LogP contribution >= 0.6 is 0 Å². The average molecular weight is 308 g/mol. The first-order valence-electron chi connectivity index (χ1n) is 8.32. The largest absolute Gasteiger partial charge is 0.336 e. The fraction of sp³-hybridized carbons (Fsp3) is 0.350. The molecule has 0 spiro atoms. The van der Waals surface area contributed by atoms with Crippen molar-refractivity contribution in [1.82, 2.24) is 4.90 Å². The first-order chi connectivity index (χ1) is 11.2. The Labute approximate surface area is 138 Å². The Hall–Kier alpha value is -2.13. The zero-order chi connectivity index (χ0) is 16.2. The Bertz CT molecular complexity index is 668. The second-order valence-corrected chi connectivity index (χ2v) is 6.32. The molecule has 1 amide bonds. The van der Waals surface area contributed by atoms with Gasteiger partial charge in [0.1, 0.15) is 0 Å². The summed E-state index contributed by atoms with van der Waals surface area (Å²) in [7, 11) is 0. The van der Waals surface area contributed by atoms with E-state index in [4.69, 9.17) is 5.73 Å². The summed E-state index contributed by atoms with van der Waals surface area (Å²) in [5.74, 6) is 0.159. The number of hydrogen-bond donors (Lipinski definition) is 1. The fourth-order valence-corrected chi connectivity index (χ4v) is 3.47. The van der Waals surface area contributed by atoms with Gasteiger partial charge in [-0.25, -0.2) is 0 Å². The molecule has 2 aromatic carbocycles. The Morgan fingerprint density at radius 3 is 2.61 bits per heavy atom. The summed E-state index contributed by atoms with van der Waals surface area (Å²) in [6, 6.07) is 18.2. The average Bonchev–Trinajstić information content (AvgIpc) is 3.05. The smallest absolute Gasteiger partial charge is 0.224 e. The number of benzene rings is 2. The van der Waals surface area contributed by atoms with Crippen LogP contribution in [-0.2, 0) is 4.79 Å². The van der Waals surface area contributed by atoms with Gasteiger partial charge in [-0.05, 0) is 36.5 Å². The molecule has 120 valence electrons. The van der Waals surface area contributed by atoms with Gasteiger partial charge in [-0.3, -0.25) is 4.79 Å². The molecule has 2 atom stereocenters. The van der Waals surface area contributed by atoms with Crippen LogP contribution in [0.3, 0.4) is 0 Å². The van der Waals surface area contributed by atoms with E-state index in [1.54, 1.807) is 0 Å². The summed E-state index contributed by atoms with van der Waals surface area (Å²) in [6.07, 6.45) is 2.47. The summed E-state index contributed by atoms with van der Waals surface area (Å²) in [4.78, 5) is 14.8. The fourth-order valence-electron chi connectivity index (χ4n) is 3.47. The van der Waals surface area contributed by atoms with E-state index in [9.17, 15) is 4.79 Å². The number of carbonyl (C=O) groups is 1. The van der Waals surface area contributed by atoms with Gasteiger partial charge in [-0.15, -0.1) is 0 Å². The second-order valence-electron chi connectivity index (χ2n) is 6.32. The molecule has 3 nitrogen and oxygen atoms in total. The number of hydrogen-bond acceptors (Lipinski definition) is 2. The number of nitrogens with zero attached hydrogens (tertiary/aromatic N) is 1. The lowest BCUT2D eigenvalue weighted by Crippen LogP contribution is -2.33. The van der Waals surface area contributed by atoms with Crippen LogP contribution in [0.5, 0.6) is 0 Å². The lowest BCUT2D eigenvalue weighted by atomic mass is 9.98. The normalized spacial score (nSPS) is 18.9. The number of rotatable bonds is 4. The summed E-state index contributed by atoms with van der Waals surface area (Å²) < 4.78 is 0. The number of likely N-dealkylation sites (tertiary alicyclic amines) is 1. The summed E-state index contributed by atoms with van der Waals surface area (Å²) in [5.41, 5.74) is 9.78. The molecule has 3 rings (SSSR count). The van der Waals surface area contributed by atoms with E-state index >= 15 is 0 Å². The van der Waals surface area contributed by atoms with Crippen molar-refractivity contribution >= 4 is 5.91 Å². The molecule has 0 aromatic heterocycles. The van der Waals surface area contributed by atoms with Crippen molar-refractivity contribution in [1.29, 1.82) is 0 Å². The molecule has 1 aliphatic rings. The number of amides is 1. The number of nitrogens with two attached hydrogens (primary N) is 1. The van der Waals surface area contributed by atoms with Gasteiger partial charge in [0.15, 0.2) is 0 Å². The van der Waals surface area contributed by atoms with Crippen molar-refractivity contribution in [3.63, 3.8) is 0 Å². The highest BCUT2D eigenvalue weighted by molar-refractivity contribution is 5.78. The molecule has 3 heteroatoms. The molecule has 0 aliphatic carbocycles. The molecule has 23 heavy (non-hydrogen) atoms. The summed E-state index contributed by atoms with van der Waals surface area (Å²) >= 11 is 0. The van der Waals surface area contributed by atoms with Crippen molar-refractivity contribution in [3.8, 4) is 0 Å². The molecule has 0 bridgehead atoms. The first-order valence-corrected chi connectivity index (χ1v) is 8.32. The van der Waals surface area contributed by atoms with Crippen LogP contribution in [0.2, 0.25) is 0 Å². The second kappa shape index (κ2) is 6.97. The van der Waals surface area contributed by atoms with Gasteiger partial charge >= 0.3 is 0 Å². The predicted octanol–water partition coefficient (Wildman–Crippen LogP) is 3.75. The van der Waals surface area contributed by atoms with E-state index in [0.717, 1.165) is 24.9 Å². The van der Waals surface area contributed by atoms with E-state index in [1.165, 1.54) is 11.1 Å². The SMILES string of the molecule is Cc1ccccc1[C@H]1CCCN1C(=O)C[C@H](N)c1ccccc1. The van der Waals surface area contributed by atoms with E-state index in [2.05, 4.69) is 25.1 Å². The molecule has 0 radical (unpaired) electrons.